The molecule has 2 N–H and O–H groups in total. The van der Waals surface area contributed by atoms with Crippen LogP contribution in [0.2, 0.25) is 5.02 Å². The van der Waals surface area contributed by atoms with Crippen molar-refractivity contribution >= 4 is 56.4 Å². The van der Waals surface area contributed by atoms with Gasteiger partial charge in [-0.15, -0.1) is 11.8 Å². The first-order valence-corrected chi connectivity index (χ1v) is 21.2. The van der Waals surface area contributed by atoms with Gasteiger partial charge in [0.1, 0.15) is 5.69 Å². The predicted octanol–water partition coefficient (Wildman–Crippen LogP) is 7.88. The number of thioether (sulfide) groups is 1. The Bertz CT molecular complexity index is 2220. The highest BCUT2D eigenvalue weighted by Crippen LogP contribution is 2.31. The topological polar surface area (TPSA) is 128 Å². The number of halogens is 1. The fourth-order valence-corrected chi connectivity index (χ4v) is 8.65. The number of nitro benzene ring substituents is 1. The van der Waals surface area contributed by atoms with Gasteiger partial charge in [0, 0.05) is 71.8 Å². The van der Waals surface area contributed by atoms with E-state index in [4.69, 9.17) is 11.6 Å². The maximum Gasteiger partial charge on any atom is 0.293 e. The second-order valence-electron chi connectivity index (χ2n) is 13.9. The summed E-state index contributed by atoms with van der Waals surface area (Å²) >= 11 is 7.75. The summed E-state index contributed by atoms with van der Waals surface area (Å²) < 4.78 is 28.8. The molecular weight excluding hydrogens is 768 g/mol. The number of anilines is 2. The lowest BCUT2D eigenvalue weighted by Crippen LogP contribution is -2.46. The lowest BCUT2D eigenvalue weighted by molar-refractivity contribution is -0.384. The quantitative estimate of drug-likeness (QED) is 0.0577. The first kappa shape index (κ1) is 40.7. The molecule has 0 spiro atoms. The molecule has 0 saturated carbocycles. The van der Waals surface area contributed by atoms with Crippen molar-refractivity contribution in [2.75, 3.05) is 62.8 Å². The van der Waals surface area contributed by atoms with Crippen LogP contribution in [-0.2, 0) is 16.6 Å². The first-order chi connectivity index (χ1) is 26.9. The Morgan fingerprint density at radius 3 is 2.25 bits per heavy atom. The van der Waals surface area contributed by atoms with Gasteiger partial charge in [-0.05, 0) is 104 Å². The lowest BCUT2D eigenvalue weighted by atomic mass is 9.99. The molecule has 1 fully saturated rings. The minimum absolute atomic E-state index is 0.140. The van der Waals surface area contributed by atoms with Crippen molar-refractivity contribution in [3.05, 3.63) is 148 Å². The predicted molar refractivity (Wildman–Crippen MR) is 226 cm³/mol. The van der Waals surface area contributed by atoms with Crippen LogP contribution in [0.1, 0.15) is 22.3 Å². The van der Waals surface area contributed by atoms with Gasteiger partial charge in [-0.2, -0.15) is 0 Å². The Labute approximate surface area is 337 Å². The van der Waals surface area contributed by atoms with Gasteiger partial charge < -0.3 is 15.1 Å². The van der Waals surface area contributed by atoms with E-state index in [2.05, 4.69) is 38.0 Å². The van der Waals surface area contributed by atoms with E-state index in [0.717, 1.165) is 61.5 Å². The van der Waals surface area contributed by atoms with Gasteiger partial charge >= 0.3 is 0 Å². The van der Waals surface area contributed by atoms with E-state index in [1.54, 1.807) is 36.0 Å². The van der Waals surface area contributed by atoms with Crippen molar-refractivity contribution < 1.29 is 18.1 Å². The zero-order chi connectivity index (χ0) is 39.7. The molecule has 1 heterocycles. The number of carbonyl (C=O) groups excluding carboxylic acids is 1. The number of benzene rings is 5. The number of rotatable bonds is 16. The molecule has 0 bridgehead atoms. The molecule has 1 aliphatic rings. The summed E-state index contributed by atoms with van der Waals surface area (Å²) in [5, 5.41) is 16.2. The minimum atomic E-state index is -4.43. The van der Waals surface area contributed by atoms with E-state index >= 15 is 0 Å². The number of nitrogens with one attached hydrogen (secondary N) is 2. The summed E-state index contributed by atoms with van der Waals surface area (Å²) in [6.07, 6.45) is 0.704. The SMILES string of the molecule is CN(C)CCC(CSc1ccccc1)Nc1ccc(S(=O)(=O)NC(=O)c2ccc(N3CCN(Cc4ccccc4-c4ccc(Cl)cc4)CC3)cc2)cc1[N+](=O)[O-]. The average Bonchev–Trinajstić information content (AvgIpc) is 3.20. The molecule has 1 atom stereocenters. The molecule has 14 heteroatoms. The van der Waals surface area contributed by atoms with Crippen molar-refractivity contribution in [3.63, 3.8) is 0 Å². The molecule has 1 aliphatic heterocycles. The molecule has 0 aromatic heterocycles. The number of nitro groups is 1. The standard InChI is InChI=1S/C42H45ClN6O5S2/c1-46(2)23-22-35(30-55-37-9-4-3-5-10-37)44-40-21-20-38(28-41(40)49(51)52)56(53,54)45-42(50)32-14-18-36(19-15-32)48-26-24-47(25-27-48)29-33-8-6-7-11-39(33)31-12-16-34(43)17-13-31/h3-21,28,35,44H,22-27,29-30H2,1-2H3,(H,45,50). The molecule has 1 unspecified atom stereocenters. The van der Waals surface area contributed by atoms with E-state index in [1.165, 1.54) is 23.3 Å². The van der Waals surface area contributed by atoms with Gasteiger partial charge in [0.05, 0.1) is 9.82 Å². The van der Waals surface area contributed by atoms with Crippen LogP contribution in [0.3, 0.4) is 0 Å². The summed E-state index contributed by atoms with van der Waals surface area (Å²) in [6, 6.07) is 36.5. The highest BCUT2D eigenvalue weighted by atomic mass is 35.5. The monoisotopic (exact) mass is 812 g/mol. The van der Waals surface area contributed by atoms with Crippen LogP contribution in [0.25, 0.3) is 11.1 Å². The molecule has 6 rings (SSSR count). The molecule has 56 heavy (non-hydrogen) atoms. The Morgan fingerprint density at radius 2 is 1.57 bits per heavy atom. The third-order valence-electron chi connectivity index (χ3n) is 9.62. The van der Waals surface area contributed by atoms with Gasteiger partial charge in [0.15, 0.2) is 0 Å². The average molecular weight is 813 g/mol. The van der Waals surface area contributed by atoms with Gasteiger partial charge in [-0.25, -0.2) is 13.1 Å². The van der Waals surface area contributed by atoms with Crippen molar-refractivity contribution in [3.8, 4) is 11.1 Å². The van der Waals surface area contributed by atoms with Gasteiger partial charge in [-0.1, -0.05) is 66.2 Å². The molecule has 0 radical (unpaired) electrons. The normalized spacial score (nSPS) is 14.0. The van der Waals surface area contributed by atoms with Gasteiger partial charge in [0.2, 0.25) is 0 Å². The van der Waals surface area contributed by atoms with E-state index in [9.17, 15) is 23.3 Å². The zero-order valence-electron chi connectivity index (χ0n) is 31.3. The number of hydrogen-bond donors (Lipinski definition) is 2. The third kappa shape index (κ3) is 10.9. The summed E-state index contributed by atoms with van der Waals surface area (Å²) in [7, 11) is -0.509. The van der Waals surface area contributed by atoms with E-state index in [1.807, 2.05) is 79.7 Å². The van der Waals surface area contributed by atoms with E-state index in [-0.39, 0.29) is 22.2 Å². The zero-order valence-corrected chi connectivity index (χ0v) is 33.7. The summed E-state index contributed by atoms with van der Waals surface area (Å²) in [4.78, 5) is 32.1. The van der Waals surface area contributed by atoms with Crippen molar-refractivity contribution in [1.29, 1.82) is 0 Å². The highest BCUT2D eigenvalue weighted by molar-refractivity contribution is 7.99. The highest BCUT2D eigenvalue weighted by Gasteiger charge is 2.26. The van der Waals surface area contributed by atoms with E-state index < -0.39 is 26.5 Å². The van der Waals surface area contributed by atoms with Crippen LogP contribution in [0.15, 0.2) is 131 Å². The van der Waals surface area contributed by atoms with Crippen LogP contribution in [0.5, 0.6) is 0 Å². The molecule has 5 aromatic carbocycles. The minimum Gasteiger partial charge on any atom is -0.376 e. The third-order valence-corrected chi connectivity index (χ3v) is 12.4. The number of sulfonamides is 1. The van der Waals surface area contributed by atoms with Crippen LogP contribution in [-0.4, -0.2) is 87.7 Å². The van der Waals surface area contributed by atoms with Crippen molar-refractivity contribution in [2.24, 2.45) is 0 Å². The number of nitrogens with zero attached hydrogens (tertiary/aromatic N) is 4. The smallest absolute Gasteiger partial charge is 0.293 e. The second kappa shape index (κ2) is 18.8. The molecule has 0 aliphatic carbocycles. The summed E-state index contributed by atoms with van der Waals surface area (Å²) in [5.41, 5.74) is 4.45. The summed E-state index contributed by atoms with van der Waals surface area (Å²) in [5.74, 6) is -0.187. The second-order valence-corrected chi connectivity index (χ2v) is 17.1. The fourth-order valence-electron chi connectivity index (χ4n) is 6.53. The van der Waals surface area contributed by atoms with Gasteiger partial charge in [0.25, 0.3) is 21.6 Å². The lowest BCUT2D eigenvalue weighted by Gasteiger charge is -2.36. The van der Waals surface area contributed by atoms with Gasteiger partial charge in [-0.3, -0.25) is 19.8 Å². The molecule has 11 nitrogen and oxygen atoms in total. The number of amides is 1. The Kier molecular flexibility index (Phi) is 13.7. The van der Waals surface area contributed by atoms with Crippen molar-refractivity contribution in [2.45, 2.75) is 28.8 Å². The largest absolute Gasteiger partial charge is 0.376 e. The number of carbonyl (C=O) groups is 1. The number of piperazine rings is 1. The maximum absolute atomic E-state index is 13.4. The molecule has 1 amide bonds. The molecule has 5 aromatic rings. The van der Waals surface area contributed by atoms with Crippen LogP contribution in [0.4, 0.5) is 17.1 Å². The van der Waals surface area contributed by atoms with Crippen molar-refractivity contribution in [1.82, 2.24) is 14.5 Å². The van der Waals surface area contributed by atoms with Crippen LogP contribution < -0.4 is 14.9 Å². The van der Waals surface area contributed by atoms with Crippen LogP contribution in [0, 0.1) is 10.1 Å². The van der Waals surface area contributed by atoms with Crippen LogP contribution >= 0.6 is 23.4 Å². The first-order valence-electron chi connectivity index (χ1n) is 18.3. The summed E-state index contributed by atoms with van der Waals surface area (Å²) in [6.45, 7) is 4.83. The fraction of sp³-hybridized carbons (Fsp3) is 0.262. The Morgan fingerprint density at radius 1 is 0.893 bits per heavy atom. The molecule has 1 saturated heterocycles. The molecular formula is C42H45ClN6O5S2. The van der Waals surface area contributed by atoms with E-state index in [0.29, 0.717) is 17.2 Å². The number of hydrogen-bond acceptors (Lipinski definition) is 10. The Balaban J connectivity index is 1.06. The molecule has 292 valence electrons. The Hall–Kier alpha value is -4.92. The maximum atomic E-state index is 13.4.